The van der Waals surface area contributed by atoms with Crippen molar-refractivity contribution in [3.8, 4) is 0 Å². The number of carbonyl (C=O) groups is 3. The standard InChI is InChI=1S/C22H24N2O3/c1-15-10-11-18(16(2)25)14-19(15)23-22(27)20-9-6-12-24(20)21(26)13-17-7-4-3-5-8-17/h3-5,7-8,10-11,14,20H,6,9,12-13H2,1-2H3,(H,23,27)/t20-/m0/s1. The number of nitrogens with zero attached hydrogens (tertiary/aromatic N) is 1. The van der Waals surface area contributed by atoms with Gasteiger partial charge in [-0.25, -0.2) is 0 Å². The zero-order chi connectivity index (χ0) is 19.4. The molecule has 2 aromatic carbocycles. The van der Waals surface area contributed by atoms with Crippen molar-refractivity contribution in [1.29, 1.82) is 0 Å². The summed E-state index contributed by atoms with van der Waals surface area (Å²) < 4.78 is 0. The third-order valence-electron chi connectivity index (χ3n) is 4.98. The number of hydrogen-bond acceptors (Lipinski definition) is 3. The Morgan fingerprint density at radius 1 is 1.11 bits per heavy atom. The molecule has 1 saturated heterocycles. The first kappa shape index (κ1) is 18.8. The quantitative estimate of drug-likeness (QED) is 0.827. The van der Waals surface area contributed by atoms with Gasteiger partial charge in [0.15, 0.2) is 5.78 Å². The summed E-state index contributed by atoms with van der Waals surface area (Å²) in [5, 5.41) is 2.91. The van der Waals surface area contributed by atoms with Gasteiger partial charge in [-0.1, -0.05) is 42.5 Å². The lowest BCUT2D eigenvalue weighted by molar-refractivity contribution is -0.136. The van der Waals surface area contributed by atoms with E-state index in [9.17, 15) is 14.4 Å². The van der Waals surface area contributed by atoms with Gasteiger partial charge in [0.25, 0.3) is 0 Å². The molecule has 1 fully saturated rings. The third kappa shape index (κ3) is 4.42. The molecule has 0 unspecified atom stereocenters. The second-order valence-electron chi connectivity index (χ2n) is 6.98. The minimum Gasteiger partial charge on any atom is -0.330 e. The van der Waals surface area contributed by atoms with Crippen LogP contribution in [0.3, 0.4) is 0 Å². The predicted octanol–water partition coefficient (Wildman–Crippen LogP) is 3.37. The Bertz CT molecular complexity index is 861. The van der Waals surface area contributed by atoms with Crippen LogP contribution in [0.2, 0.25) is 0 Å². The second-order valence-corrected chi connectivity index (χ2v) is 6.98. The van der Waals surface area contributed by atoms with Gasteiger partial charge < -0.3 is 10.2 Å². The van der Waals surface area contributed by atoms with Crippen LogP contribution in [0.25, 0.3) is 0 Å². The van der Waals surface area contributed by atoms with Gasteiger partial charge in [0.1, 0.15) is 6.04 Å². The first-order valence-electron chi connectivity index (χ1n) is 9.21. The summed E-state index contributed by atoms with van der Waals surface area (Å²) >= 11 is 0. The maximum atomic E-state index is 12.8. The highest BCUT2D eigenvalue weighted by Crippen LogP contribution is 2.23. The molecule has 5 heteroatoms. The van der Waals surface area contributed by atoms with Crippen LogP contribution >= 0.6 is 0 Å². The molecule has 140 valence electrons. The number of carbonyl (C=O) groups excluding carboxylic acids is 3. The number of aryl methyl sites for hydroxylation is 1. The van der Waals surface area contributed by atoms with E-state index >= 15 is 0 Å². The number of amides is 2. The Labute approximate surface area is 159 Å². The van der Waals surface area contributed by atoms with Crippen LogP contribution in [0.15, 0.2) is 48.5 Å². The van der Waals surface area contributed by atoms with Crippen molar-refractivity contribution < 1.29 is 14.4 Å². The molecule has 0 saturated carbocycles. The van der Waals surface area contributed by atoms with Crippen LogP contribution in [0.1, 0.15) is 41.3 Å². The lowest BCUT2D eigenvalue weighted by Crippen LogP contribution is -2.43. The Morgan fingerprint density at radius 2 is 1.85 bits per heavy atom. The first-order valence-corrected chi connectivity index (χ1v) is 9.21. The molecule has 1 aliphatic heterocycles. The van der Waals surface area contributed by atoms with E-state index in [0.29, 0.717) is 30.6 Å². The number of ketones is 1. The molecule has 1 N–H and O–H groups in total. The molecule has 27 heavy (non-hydrogen) atoms. The van der Waals surface area contributed by atoms with Crippen LogP contribution in [0.5, 0.6) is 0 Å². The van der Waals surface area contributed by atoms with Crippen LogP contribution in [-0.4, -0.2) is 35.1 Å². The largest absolute Gasteiger partial charge is 0.330 e. The Kier molecular flexibility index (Phi) is 5.69. The number of benzene rings is 2. The molecule has 2 aromatic rings. The van der Waals surface area contributed by atoms with Gasteiger partial charge in [0, 0.05) is 17.8 Å². The lowest BCUT2D eigenvalue weighted by Gasteiger charge is -2.24. The summed E-state index contributed by atoms with van der Waals surface area (Å²) in [6.45, 7) is 3.97. The maximum absolute atomic E-state index is 12.8. The van der Waals surface area contributed by atoms with E-state index in [-0.39, 0.29) is 17.6 Å². The van der Waals surface area contributed by atoms with Gasteiger partial charge in [-0.3, -0.25) is 14.4 Å². The molecule has 0 spiro atoms. The lowest BCUT2D eigenvalue weighted by atomic mass is 10.1. The molecule has 2 amide bonds. The van der Waals surface area contributed by atoms with Crippen LogP contribution in [0.4, 0.5) is 5.69 Å². The number of Topliss-reactive ketones (excluding diaryl/α,β-unsaturated/α-hetero) is 1. The maximum Gasteiger partial charge on any atom is 0.247 e. The Morgan fingerprint density at radius 3 is 2.56 bits per heavy atom. The third-order valence-corrected chi connectivity index (χ3v) is 4.98. The monoisotopic (exact) mass is 364 g/mol. The van der Waals surface area contributed by atoms with Crippen molar-refractivity contribution in [2.24, 2.45) is 0 Å². The van der Waals surface area contributed by atoms with Crippen molar-refractivity contribution in [3.63, 3.8) is 0 Å². The smallest absolute Gasteiger partial charge is 0.247 e. The van der Waals surface area contributed by atoms with E-state index < -0.39 is 6.04 Å². The predicted molar refractivity (Wildman–Crippen MR) is 105 cm³/mol. The highest BCUT2D eigenvalue weighted by Gasteiger charge is 2.34. The summed E-state index contributed by atoms with van der Waals surface area (Å²) in [7, 11) is 0. The fraction of sp³-hybridized carbons (Fsp3) is 0.318. The average molecular weight is 364 g/mol. The number of rotatable bonds is 5. The van der Waals surface area contributed by atoms with E-state index in [4.69, 9.17) is 0 Å². The summed E-state index contributed by atoms with van der Waals surface area (Å²) in [4.78, 5) is 38.8. The summed E-state index contributed by atoms with van der Waals surface area (Å²) in [6.07, 6.45) is 1.76. The van der Waals surface area contributed by atoms with Gasteiger partial charge in [-0.2, -0.15) is 0 Å². The van der Waals surface area contributed by atoms with Crippen molar-refractivity contribution >= 4 is 23.3 Å². The van der Waals surface area contributed by atoms with E-state index in [2.05, 4.69) is 5.32 Å². The molecule has 0 aromatic heterocycles. The van der Waals surface area contributed by atoms with Gasteiger partial charge >= 0.3 is 0 Å². The topological polar surface area (TPSA) is 66.5 Å². The second kappa shape index (κ2) is 8.16. The molecule has 1 aliphatic rings. The molecule has 1 atom stereocenters. The van der Waals surface area contributed by atoms with Gasteiger partial charge in [0.2, 0.25) is 11.8 Å². The molecule has 5 nitrogen and oxygen atoms in total. The highest BCUT2D eigenvalue weighted by atomic mass is 16.2. The number of hydrogen-bond donors (Lipinski definition) is 1. The Hall–Kier alpha value is -2.95. The van der Waals surface area contributed by atoms with Gasteiger partial charge in [0.05, 0.1) is 6.42 Å². The van der Waals surface area contributed by atoms with Crippen molar-refractivity contribution in [1.82, 2.24) is 4.90 Å². The molecule has 3 rings (SSSR count). The first-order chi connectivity index (χ1) is 13.0. The minimum absolute atomic E-state index is 0.0342. The van der Waals surface area contributed by atoms with Crippen molar-refractivity contribution in [3.05, 3.63) is 65.2 Å². The van der Waals surface area contributed by atoms with Crippen molar-refractivity contribution in [2.45, 2.75) is 39.2 Å². The zero-order valence-corrected chi connectivity index (χ0v) is 15.7. The van der Waals surface area contributed by atoms with Crippen LogP contribution in [-0.2, 0) is 16.0 Å². The summed E-state index contributed by atoms with van der Waals surface area (Å²) in [5.74, 6) is -0.281. The number of nitrogens with one attached hydrogen (secondary N) is 1. The van der Waals surface area contributed by atoms with Crippen LogP contribution < -0.4 is 5.32 Å². The Balaban J connectivity index is 1.71. The van der Waals surface area contributed by atoms with Crippen molar-refractivity contribution in [2.75, 3.05) is 11.9 Å². The SMILES string of the molecule is CC(=O)c1ccc(C)c(NC(=O)[C@@H]2CCCN2C(=O)Cc2ccccc2)c1. The molecular formula is C22H24N2O3. The average Bonchev–Trinajstić information content (AvgIpc) is 3.14. The fourth-order valence-corrected chi connectivity index (χ4v) is 3.40. The number of anilines is 1. The molecule has 0 bridgehead atoms. The normalized spacial score (nSPS) is 16.2. The summed E-state index contributed by atoms with van der Waals surface area (Å²) in [5.41, 5.74) is 3.00. The number of likely N-dealkylation sites (tertiary alicyclic amines) is 1. The van der Waals surface area contributed by atoms with Crippen LogP contribution in [0, 0.1) is 6.92 Å². The molecule has 1 heterocycles. The van der Waals surface area contributed by atoms with Gasteiger partial charge in [-0.05, 0) is 43.9 Å². The molecule has 0 radical (unpaired) electrons. The fourth-order valence-electron chi connectivity index (χ4n) is 3.40. The van der Waals surface area contributed by atoms with E-state index in [1.165, 1.54) is 6.92 Å². The van der Waals surface area contributed by atoms with E-state index in [1.807, 2.05) is 43.3 Å². The van der Waals surface area contributed by atoms with Gasteiger partial charge in [-0.15, -0.1) is 0 Å². The highest BCUT2D eigenvalue weighted by molar-refractivity contribution is 6.00. The molecular weight excluding hydrogens is 340 g/mol. The molecule has 0 aliphatic carbocycles. The van der Waals surface area contributed by atoms with E-state index in [0.717, 1.165) is 17.5 Å². The minimum atomic E-state index is -0.471. The zero-order valence-electron chi connectivity index (χ0n) is 15.7. The summed E-state index contributed by atoms with van der Waals surface area (Å²) in [6, 6.07) is 14.3. The van der Waals surface area contributed by atoms with E-state index in [1.54, 1.807) is 17.0 Å².